The maximum absolute atomic E-state index is 8.70. The second-order valence-electron chi connectivity index (χ2n) is 4.10. The highest BCUT2D eigenvalue weighted by atomic mass is 32.2. The van der Waals surface area contributed by atoms with Gasteiger partial charge in [-0.3, -0.25) is 0 Å². The molecule has 0 radical (unpaired) electrons. The van der Waals surface area contributed by atoms with E-state index in [1.807, 2.05) is 18.2 Å². The van der Waals surface area contributed by atoms with Crippen LogP contribution in [0.5, 0.6) is 0 Å². The molecule has 0 saturated heterocycles. The first-order chi connectivity index (χ1) is 8.70. The molecule has 5 heteroatoms. The van der Waals surface area contributed by atoms with Crippen molar-refractivity contribution in [2.75, 3.05) is 12.4 Å². The van der Waals surface area contributed by atoms with Crippen LogP contribution in [0.2, 0.25) is 0 Å². The van der Waals surface area contributed by atoms with E-state index < -0.39 is 0 Å². The largest absolute Gasteiger partial charge is 0.411 e. The van der Waals surface area contributed by atoms with Crippen molar-refractivity contribution in [1.29, 1.82) is 0 Å². The van der Waals surface area contributed by atoms with Crippen LogP contribution < -0.4 is 0 Å². The molecule has 1 heterocycles. The predicted octanol–water partition coefficient (Wildman–Crippen LogP) is 2.83. The number of aromatic nitrogens is 2. The first kappa shape index (κ1) is 13.1. The molecule has 1 aromatic carbocycles. The molecule has 0 spiro atoms. The van der Waals surface area contributed by atoms with Gasteiger partial charge >= 0.3 is 0 Å². The lowest BCUT2D eigenvalue weighted by atomic mass is 10.1. The van der Waals surface area contributed by atoms with Gasteiger partial charge in [-0.05, 0) is 43.5 Å². The van der Waals surface area contributed by atoms with Gasteiger partial charge in [-0.25, -0.2) is 0 Å². The van der Waals surface area contributed by atoms with Crippen LogP contribution in [0.4, 0.5) is 0 Å². The van der Waals surface area contributed by atoms with Crippen molar-refractivity contribution in [3.63, 3.8) is 0 Å². The third-order valence-electron chi connectivity index (χ3n) is 2.69. The van der Waals surface area contributed by atoms with Gasteiger partial charge in [0.05, 0.1) is 0 Å². The molecule has 0 amide bonds. The summed E-state index contributed by atoms with van der Waals surface area (Å²) in [5.41, 5.74) is 3.40. The van der Waals surface area contributed by atoms with Gasteiger partial charge in [0.2, 0.25) is 5.89 Å². The Bertz CT molecular complexity index is 525. The van der Waals surface area contributed by atoms with Gasteiger partial charge < -0.3 is 9.52 Å². The fraction of sp³-hybridized carbons (Fsp3) is 0.385. The van der Waals surface area contributed by atoms with Crippen LogP contribution >= 0.6 is 11.8 Å². The van der Waals surface area contributed by atoms with Crippen LogP contribution in [0, 0.1) is 13.8 Å². The molecular formula is C13H16N2O2S. The van der Waals surface area contributed by atoms with Gasteiger partial charge in [0, 0.05) is 17.9 Å². The lowest BCUT2D eigenvalue weighted by Crippen LogP contribution is -1.85. The van der Waals surface area contributed by atoms with Crippen LogP contribution in [-0.2, 0) is 0 Å². The Kier molecular flexibility index (Phi) is 4.38. The van der Waals surface area contributed by atoms with Gasteiger partial charge in [-0.15, -0.1) is 10.2 Å². The number of nitrogens with zero attached hydrogens (tertiary/aromatic N) is 2. The van der Waals surface area contributed by atoms with Crippen molar-refractivity contribution >= 4 is 11.8 Å². The molecule has 1 N–H and O–H groups in total. The molecule has 0 aliphatic rings. The van der Waals surface area contributed by atoms with E-state index in [9.17, 15) is 0 Å². The number of aliphatic hydroxyl groups excluding tert-OH is 1. The first-order valence-electron chi connectivity index (χ1n) is 5.85. The number of aliphatic hydroxyl groups is 1. The fourth-order valence-electron chi connectivity index (χ4n) is 1.48. The molecule has 1 aromatic heterocycles. The fourth-order valence-corrected chi connectivity index (χ4v) is 2.17. The zero-order valence-corrected chi connectivity index (χ0v) is 11.3. The van der Waals surface area contributed by atoms with Crippen molar-refractivity contribution in [3.8, 4) is 11.5 Å². The molecular weight excluding hydrogens is 248 g/mol. The van der Waals surface area contributed by atoms with E-state index in [4.69, 9.17) is 9.52 Å². The first-order valence-corrected chi connectivity index (χ1v) is 6.84. The summed E-state index contributed by atoms with van der Waals surface area (Å²) in [4.78, 5) is 0. The molecule has 0 saturated carbocycles. The monoisotopic (exact) mass is 264 g/mol. The maximum Gasteiger partial charge on any atom is 0.276 e. The van der Waals surface area contributed by atoms with Gasteiger partial charge in [0.25, 0.3) is 5.22 Å². The van der Waals surface area contributed by atoms with Gasteiger partial charge in [-0.1, -0.05) is 17.8 Å². The Balaban J connectivity index is 2.11. The highest BCUT2D eigenvalue weighted by molar-refractivity contribution is 7.99. The van der Waals surface area contributed by atoms with E-state index in [2.05, 4.69) is 24.0 Å². The SMILES string of the molecule is Cc1ccc(-c2nnc(SCCCO)o2)cc1C. The van der Waals surface area contributed by atoms with E-state index in [0.717, 1.165) is 17.7 Å². The average molecular weight is 264 g/mol. The molecule has 0 fully saturated rings. The van der Waals surface area contributed by atoms with E-state index in [-0.39, 0.29) is 6.61 Å². The van der Waals surface area contributed by atoms with Gasteiger partial charge in [0.15, 0.2) is 0 Å². The smallest absolute Gasteiger partial charge is 0.276 e. The summed E-state index contributed by atoms with van der Waals surface area (Å²) in [5, 5.41) is 17.3. The van der Waals surface area contributed by atoms with E-state index in [1.165, 1.54) is 22.9 Å². The molecule has 18 heavy (non-hydrogen) atoms. The highest BCUT2D eigenvalue weighted by Crippen LogP contribution is 2.24. The van der Waals surface area contributed by atoms with Crippen LogP contribution in [-0.4, -0.2) is 27.7 Å². The molecule has 2 aromatic rings. The molecule has 4 nitrogen and oxygen atoms in total. The van der Waals surface area contributed by atoms with Crippen LogP contribution in [0.15, 0.2) is 27.8 Å². The number of benzene rings is 1. The number of thioether (sulfide) groups is 1. The Hall–Kier alpha value is -1.33. The number of hydrogen-bond donors (Lipinski definition) is 1. The van der Waals surface area contributed by atoms with E-state index in [1.54, 1.807) is 0 Å². The summed E-state index contributed by atoms with van der Waals surface area (Å²) in [6, 6.07) is 6.08. The molecule has 0 atom stereocenters. The molecule has 0 unspecified atom stereocenters. The second-order valence-corrected chi connectivity index (χ2v) is 5.14. The van der Waals surface area contributed by atoms with Gasteiger partial charge in [0.1, 0.15) is 0 Å². The summed E-state index contributed by atoms with van der Waals surface area (Å²) >= 11 is 1.47. The molecule has 96 valence electrons. The Morgan fingerprint density at radius 3 is 2.78 bits per heavy atom. The molecule has 0 bridgehead atoms. The lowest BCUT2D eigenvalue weighted by Gasteiger charge is -2.00. The highest BCUT2D eigenvalue weighted by Gasteiger charge is 2.09. The van der Waals surface area contributed by atoms with E-state index in [0.29, 0.717) is 11.1 Å². The lowest BCUT2D eigenvalue weighted by molar-refractivity contribution is 0.296. The average Bonchev–Trinajstić information content (AvgIpc) is 2.82. The quantitative estimate of drug-likeness (QED) is 0.664. The molecule has 0 aliphatic heterocycles. The Morgan fingerprint density at radius 1 is 1.22 bits per heavy atom. The minimum atomic E-state index is 0.186. The topological polar surface area (TPSA) is 59.2 Å². The minimum absolute atomic E-state index is 0.186. The summed E-state index contributed by atoms with van der Waals surface area (Å²) in [7, 11) is 0. The molecule has 0 aliphatic carbocycles. The zero-order chi connectivity index (χ0) is 13.0. The number of rotatable bonds is 5. The standard InChI is InChI=1S/C13H16N2O2S/c1-9-4-5-11(8-10(9)2)12-14-15-13(17-12)18-7-3-6-16/h4-5,8,16H,3,6-7H2,1-2H3. The number of hydrogen-bond acceptors (Lipinski definition) is 5. The summed E-state index contributed by atoms with van der Waals surface area (Å²) in [6.45, 7) is 4.32. The molecule has 2 rings (SSSR count). The van der Waals surface area contributed by atoms with E-state index >= 15 is 0 Å². The zero-order valence-electron chi connectivity index (χ0n) is 10.5. The maximum atomic E-state index is 8.70. The van der Waals surface area contributed by atoms with Crippen molar-refractivity contribution in [1.82, 2.24) is 10.2 Å². The van der Waals surface area contributed by atoms with Crippen molar-refractivity contribution in [2.45, 2.75) is 25.5 Å². The third-order valence-corrected chi connectivity index (χ3v) is 3.59. The van der Waals surface area contributed by atoms with Crippen LogP contribution in [0.1, 0.15) is 17.5 Å². The van der Waals surface area contributed by atoms with Crippen molar-refractivity contribution in [2.24, 2.45) is 0 Å². The van der Waals surface area contributed by atoms with Crippen LogP contribution in [0.25, 0.3) is 11.5 Å². The van der Waals surface area contributed by atoms with Crippen LogP contribution in [0.3, 0.4) is 0 Å². The van der Waals surface area contributed by atoms with Crippen molar-refractivity contribution < 1.29 is 9.52 Å². The number of aryl methyl sites for hydroxylation is 2. The predicted molar refractivity (Wildman–Crippen MR) is 71.6 cm³/mol. The Labute approximate surface area is 110 Å². The van der Waals surface area contributed by atoms with Crippen molar-refractivity contribution in [3.05, 3.63) is 29.3 Å². The third kappa shape index (κ3) is 3.11. The normalized spacial score (nSPS) is 10.8. The second kappa shape index (κ2) is 6.02. The van der Waals surface area contributed by atoms with Gasteiger partial charge in [-0.2, -0.15) is 0 Å². The summed E-state index contributed by atoms with van der Waals surface area (Å²) < 4.78 is 5.57. The minimum Gasteiger partial charge on any atom is -0.411 e. The summed E-state index contributed by atoms with van der Waals surface area (Å²) in [5.74, 6) is 1.33. The summed E-state index contributed by atoms with van der Waals surface area (Å²) in [6.07, 6.45) is 0.728. The Morgan fingerprint density at radius 2 is 2.06 bits per heavy atom.